The molecule has 2 atom stereocenters. The van der Waals surface area contributed by atoms with Crippen LogP contribution in [0.15, 0.2) is 30.5 Å². The Morgan fingerprint density at radius 2 is 2.15 bits per heavy atom. The molecule has 1 saturated heterocycles. The number of H-pyrrole nitrogens is 1. The molecule has 3 aromatic heterocycles. The van der Waals surface area contributed by atoms with Gasteiger partial charge in [-0.1, -0.05) is 13.8 Å². The van der Waals surface area contributed by atoms with E-state index in [0.717, 1.165) is 37.1 Å². The summed E-state index contributed by atoms with van der Waals surface area (Å²) < 4.78 is 14.6. The fourth-order valence-electron chi connectivity index (χ4n) is 4.09. The van der Waals surface area contributed by atoms with Crippen molar-refractivity contribution < 1.29 is 4.39 Å². The van der Waals surface area contributed by atoms with Gasteiger partial charge in [0.1, 0.15) is 11.5 Å². The van der Waals surface area contributed by atoms with Crippen molar-refractivity contribution in [3.8, 4) is 11.4 Å². The molecular formula is C20H25FN6. The summed E-state index contributed by atoms with van der Waals surface area (Å²) in [5, 5.41) is 7.80. The van der Waals surface area contributed by atoms with Crippen molar-refractivity contribution in [2.24, 2.45) is 17.6 Å². The molecule has 4 heterocycles. The molecule has 0 aliphatic carbocycles. The molecule has 7 heteroatoms. The normalized spacial score (nSPS) is 20.6. The number of halogens is 1. The number of rotatable bonds is 4. The predicted molar refractivity (Wildman–Crippen MR) is 105 cm³/mol. The van der Waals surface area contributed by atoms with E-state index in [1.807, 2.05) is 12.1 Å². The maximum Gasteiger partial charge on any atom is 0.181 e. The number of anilines is 1. The first-order chi connectivity index (χ1) is 13.0. The van der Waals surface area contributed by atoms with Crippen LogP contribution >= 0.6 is 0 Å². The standard InChI is InChI=1S/C20H25FN6/c1-12(2)8-13-9-14(22)11-27(10-13)17-6-5-16(21)19(24-17)18-15-4-3-7-23-20(15)26-25-18/h3-7,12-14H,8-11,22H2,1-2H3,(H,23,25,26)/t13-,14-/m1/s1. The van der Waals surface area contributed by atoms with E-state index in [-0.39, 0.29) is 17.6 Å². The first kappa shape index (κ1) is 17.9. The first-order valence-electron chi connectivity index (χ1n) is 9.47. The van der Waals surface area contributed by atoms with Gasteiger partial charge in [0.05, 0.1) is 5.69 Å². The van der Waals surface area contributed by atoms with Crippen LogP contribution in [0, 0.1) is 17.7 Å². The van der Waals surface area contributed by atoms with E-state index in [4.69, 9.17) is 5.73 Å². The summed E-state index contributed by atoms with van der Waals surface area (Å²) in [7, 11) is 0. The van der Waals surface area contributed by atoms with E-state index in [1.165, 1.54) is 6.07 Å². The number of piperidine rings is 1. The molecule has 0 aromatic carbocycles. The molecule has 27 heavy (non-hydrogen) atoms. The molecule has 0 unspecified atom stereocenters. The average molecular weight is 368 g/mol. The Morgan fingerprint density at radius 3 is 2.96 bits per heavy atom. The highest BCUT2D eigenvalue weighted by Crippen LogP contribution is 2.30. The number of nitrogens with one attached hydrogen (secondary N) is 1. The van der Waals surface area contributed by atoms with Crippen LogP contribution in [-0.4, -0.2) is 39.3 Å². The number of aromatic nitrogens is 4. The number of aromatic amines is 1. The van der Waals surface area contributed by atoms with Gasteiger partial charge in [0.2, 0.25) is 0 Å². The summed E-state index contributed by atoms with van der Waals surface area (Å²) in [5.74, 6) is 1.53. The molecule has 0 bridgehead atoms. The van der Waals surface area contributed by atoms with Crippen molar-refractivity contribution >= 4 is 16.9 Å². The van der Waals surface area contributed by atoms with Crippen LogP contribution in [-0.2, 0) is 0 Å². The van der Waals surface area contributed by atoms with Crippen LogP contribution in [0.1, 0.15) is 26.7 Å². The molecule has 3 aromatic rings. The van der Waals surface area contributed by atoms with Gasteiger partial charge in [-0.25, -0.2) is 14.4 Å². The Bertz CT molecular complexity index is 935. The van der Waals surface area contributed by atoms with Crippen LogP contribution in [0.3, 0.4) is 0 Å². The lowest BCUT2D eigenvalue weighted by atomic mass is 9.87. The Balaban J connectivity index is 1.68. The Hall–Kier alpha value is -2.54. The maximum atomic E-state index is 14.6. The number of nitrogens with two attached hydrogens (primary N) is 1. The van der Waals surface area contributed by atoms with Crippen molar-refractivity contribution in [3.05, 3.63) is 36.3 Å². The smallest absolute Gasteiger partial charge is 0.181 e. The molecule has 4 rings (SSSR count). The number of pyridine rings is 2. The fraction of sp³-hybridized carbons (Fsp3) is 0.450. The zero-order chi connectivity index (χ0) is 19.0. The molecule has 1 aliphatic rings. The summed E-state index contributed by atoms with van der Waals surface area (Å²) in [4.78, 5) is 11.0. The molecule has 0 saturated carbocycles. The SMILES string of the molecule is CC(C)C[C@@H]1C[C@@H](N)CN(c2ccc(F)c(-c3[nH]nc4ncccc34)n2)C1. The quantitative estimate of drug-likeness (QED) is 0.738. The van der Waals surface area contributed by atoms with Gasteiger partial charge in [0, 0.05) is 30.7 Å². The first-order valence-corrected chi connectivity index (χ1v) is 9.47. The van der Waals surface area contributed by atoms with E-state index in [2.05, 4.69) is 38.9 Å². The summed E-state index contributed by atoms with van der Waals surface area (Å²) in [6.45, 7) is 6.10. The maximum absolute atomic E-state index is 14.6. The van der Waals surface area contributed by atoms with Gasteiger partial charge in [-0.3, -0.25) is 5.10 Å². The van der Waals surface area contributed by atoms with Crippen molar-refractivity contribution in [1.29, 1.82) is 0 Å². The largest absolute Gasteiger partial charge is 0.355 e. The number of fused-ring (bicyclic) bond motifs is 1. The van der Waals surface area contributed by atoms with Crippen molar-refractivity contribution in [2.45, 2.75) is 32.7 Å². The Labute approximate surface area is 158 Å². The van der Waals surface area contributed by atoms with Gasteiger partial charge in [-0.05, 0) is 48.9 Å². The number of nitrogens with zero attached hydrogens (tertiary/aromatic N) is 4. The van der Waals surface area contributed by atoms with Crippen LogP contribution < -0.4 is 10.6 Å². The van der Waals surface area contributed by atoms with E-state index in [9.17, 15) is 4.39 Å². The lowest BCUT2D eigenvalue weighted by Crippen LogP contribution is -2.47. The van der Waals surface area contributed by atoms with E-state index < -0.39 is 0 Å². The van der Waals surface area contributed by atoms with Crippen molar-refractivity contribution in [1.82, 2.24) is 20.2 Å². The summed E-state index contributed by atoms with van der Waals surface area (Å²) >= 11 is 0. The second kappa shape index (κ2) is 7.23. The molecule has 6 nitrogen and oxygen atoms in total. The fourth-order valence-corrected chi connectivity index (χ4v) is 4.09. The second-order valence-electron chi connectivity index (χ2n) is 7.87. The predicted octanol–water partition coefficient (Wildman–Crippen LogP) is 3.36. The summed E-state index contributed by atoms with van der Waals surface area (Å²) in [5.41, 5.74) is 7.67. The monoisotopic (exact) mass is 368 g/mol. The van der Waals surface area contributed by atoms with Gasteiger partial charge in [-0.2, -0.15) is 5.10 Å². The Morgan fingerprint density at radius 1 is 1.30 bits per heavy atom. The summed E-state index contributed by atoms with van der Waals surface area (Å²) in [6.07, 6.45) is 3.83. The van der Waals surface area contributed by atoms with Gasteiger partial charge in [0.25, 0.3) is 0 Å². The van der Waals surface area contributed by atoms with Crippen LogP contribution in [0.4, 0.5) is 10.2 Å². The molecule has 3 N–H and O–H groups in total. The van der Waals surface area contributed by atoms with E-state index >= 15 is 0 Å². The number of hydrogen-bond acceptors (Lipinski definition) is 5. The zero-order valence-corrected chi connectivity index (χ0v) is 15.7. The molecular weight excluding hydrogens is 343 g/mol. The number of hydrogen-bond donors (Lipinski definition) is 2. The molecule has 1 aliphatic heterocycles. The van der Waals surface area contributed by atoms with E-state index in [1.54, 1.807) is 12.3 Å². The van der Waals surface area contributed by atoms with Crippen LogP contribution in [0.25, 0.3) is 22.4 Å². The third-order valence-electron chi connectivity index (χ3n) is 5.10. The van der Waals surface area contributed by atoms with Crippen LogP contribution in [0.5, 0.6) is 0 Å². The highest BCUT2D eigenvalue weighted by atomic mass is 19.1. The highest BCUT2D eigenvalue weighted by molar-refractivity contribution is 5.89. The molecule has 0 amide bonds. The third kappa shape index (κ3) is 3.64. The van der Waals surface area contributed by atoms with Crippen LogP contribution in [0.2, 0.25) is 0 Å². The van der Waals surface area contributed by atoms with Gasteiger partial charge < -0.3 is 10.6 Å². The second-order valence-corrected chi connectivity index (χ2v) is 7.87. The molecule has 142 valence electrons. The van der Waals surface area contributed by atoms with Gasteiger partial charge in [0.15, 0.2) is 11.5 Å². The minimum absolute atomic E-state index is 0.106. The Kier molecular flexibility index (Phi) is 4.78. The van der Waals surface area contributed by atoms with Crippen molar-refractivity contribution in [2.75, 3.05) is 18.0 Å². The van der Waals surface area contributed by atoms with Gasteiger partial charge >= 0.3 is 0 Å². The van der Waals surface area contributed by atoms with Crippen molar-refractivity contribution in [3.63, 3.8) is 0 Å². The minimum atomic E-state index is -0.381. The lowest BCUT2D eigenvalue weighted by molar-refractivity contribution is 0.321. The third-order valence-corrected chi connectivity index (χ3v) is 5.10. The topological polar surface area (TPSA) is 83.7 Å². The molecule has 0 radical (unpaired) electrons. The van der Waals surface area contributed by atoms with Gasteiger partial charge in [-0.15, -0.1) is 0 Å². The highest BCUT2D eigenvalue weighted by Gasteiger charge is 2.27. The molecule has 0 spiro atoms. The minimum Gasteiger partial charge on any atom is -0.355 e. The van der Waals surface area contributed by atoms with E-state index in [0.29, 0.717) is 23.2 Å². The summed E-state index contributed by atoms with van der Waals surface area (Å²) in [6, 6.07) is 6.99. The molecule has 1 fully saturated rings. The average Bonchev–Trinajstić information content (AvgIpc) is 3.05. The lowest BCUT2D eigenvalue weighted by Gasteiger charge is -2.38. The zero-order valence-electron chi connectivity index (χ0n) is 15.7.